The molecule has 0 heterocycles. The average Bonchev–Trinajstić information content (AvgIpc) is 2.15. The second-order valence-electron chi connectivity index (χ2n) is 2.38. The summed E-state index contributed by atoms with van der Waals surface area (Å²) in [7, 11) is 0. The first-order chi connectivity index (χ1) is 6.33. The van der Waals surface area contributed by atoms with Crippen LogP contribution in [0.25, 0.3) is 6.08 Å². The van der Waals surface area contributed by atoms with E-state index in [0.717, 1.165) is 5.56 Å². The summed E-state index contributed by atoms with van der Waals surface area (Å²) in [4.78, 5) is 9.76. The van der Waals surface area contributed by atoms with E-state index >= 15 is 0 Å². The molecule has 0 atom stereocenters. The molecule has 3 heteroatoms. The molecular weight excluding hydrogens is 171 g/mol. The Balaban J connectivity index is 2.49. The van der Waals surface area contributed by atoms with Gasteiger partial charge in [-0.25, -0.2) is 4.39 Å². The molecule has 0 aliphatic carbocycles. The molecule has 0 aromatic heterocycles. The maximum absolute atomic E-state index is 12.4. The van der Waals surface area contributed by atoms with Gasteiger partial charge in [-0.15, -0.1) is 0 Å². The van der Waals surface area contributed by atoms with Crippen molar-refractivity contribution in [1.82, 2.24) is 0 Å². The van der Waals surface area contributed by atoms with Crippen LogP contribution in [0.1, 0.15) is 5.56 Å². The molecule has 0 N–H and O–H groups in total. The molecule has 0 bridgehead atoms. The minimum Gasteiger partial charge on any atom is -0.464 e. The second kappa shape index (κ2) is 5.09. The predicted molar refractivity (Wildman–Crippen MR) is 47.5 cm³/mol. The van der Waals surface area contributed by atoms with Crippen molar-refractivity contribution in [2.75, 3.05) is 6.61 Å². The van der Waals surface area contributed by atoms with E-state index in [-0.39, 0.29) is 12.4 Å². The largest absolute Gasteiger partial charge is 0.464 e. The van der Waals surface area contributed by atoms with Gasteiger partial charge in [-0.3, -0.25) is 4.79 Å². The van der Waals surface area contributed by atoms with Crippen LogP contribution >= 0.6 is 0 Å². The van der Waals surface area contributed by atoms with Crippen LogP contribution in [0.2, 0.25) is 0 Å². The monoisotopic (exact) mass is 180 g/mol. The van der Waals surface area contributed by atoms with E-state index in [1.807, 2.05) is 0 Å². The number of rotatable bonds is 4. The molecule has 0 fully saturated rings. The molecule has 0 spiro atoms. The predicted octanol–water partition coefficient (Wildman–Crippen LogP) is 2.01. The van der Waals surface area contributed by atoms with E-state index < -0.39 is 0 Å². The molecule has 0 amide bonds. The summed E-state index contributed by atoms with van der Waals surface area (Å²) in [5.41, 5.74) is 0.871. The zero-order chi connectivity index (χ0) is 9.52. The van der Waals surface area contributed by atoms with Gasteiger partial charge in [0.15, 0.2) is 0 Å². The van der Waals surface area contributed by atoms with Gasteiger partial charge in [-0.2, -0.15) is 0 Å². The number of benzene rings is 1. The summed E-state index contributed by atoms with van der Waals surface area (Å²) in [6.45, 7) is 0.621. The van der Waals surface area contributed by atoms with Crippen molar-refractivity contribution < 1.29 is 13.9 Å². The minimum absolute atomic E-state index is 0.237. The molecule has 1 aromatic rings. The van der Waals surface area contributed by atoms with Crippen molar-refractivity contribution in [1.29, 1.82) is 0 Å². The Bertz CT molecular complexity index is 290. The van der Waals surface area contributed by atoms with Gasteiger partial charge in [0.1, 0.15) is 12.4 Å². The molecule has 68 valence electrons. The van der Waals surface area contributed by atoms with E-state index in [2.05, 4.69) is 4.74 Å². The number of carbonyl (C=O) groups excluding carboxylic acids is 1. The van der Waals surface area contributed by atoms with Gasteiger partial charge in [0, 0.05) is 0 Å². The molecule has 0 saturated heterocycles. The topological polar surface area (TPSA) is 26.3 Å². The Morgan fingerprint density at radius 2 is 2.00 bits per heavy atom. The highest BCUT2D eigenvalue weighted by Gasteiger charge is 1.87. The summed E-state index contributed by atoms with van der Waals surface area (Å²) in [5.74, 6) is -0.263. The van der Waals surface area contributed by atoms with Crippen molar-refractivity contribution >= 4 is 12.5 Å². The maximum atomic E-state index is 12.4. The zero-order valence-electron chi connectivity index (χ0n) is 6.94. The third-order valence-corrected chi connectivity index (χ3v) is 1.44. The number of hydrogen-bond acceptors (Lipinski definition) is 2. The van der Waals surface area contributed by atoms with E-state index in [9.17, 15) is 9.18 Å². The lowest BCUT2D eigenvalue weighted by atomic mass is 10.2. The summed E-state index contributed by atoms with van der Waals surface area (Å²) < 4.78 is 16.9. The first kappa shape index (κ1) is 9.45. The molecule has 1 aromatic carbocycles. The Kier molecular flexibility index (Phi) is 3.70. The highest BCUT2D eigenvalue weighted by Crippen LogP contribution is 2.04. The highest BCUT2D eigenvalue weighted by atomic mass is 19.1. The van der Waals surface area contributed by atoms with Crippen molar-refractivity contribution in [2.45, 2.75) is 0 Å². The normalized spacial score (nSPS) is 10.2. The van der Waals surface area contributed by atoms with Crippen LogP contribution < -0.4 is 0 Å². The number of ether oxygens (including phenoxy) is 1. The lowest BCUT2D eigenvalue weighted by Gasteiger charge is -1.92. The van der Waals surface area contributed by atoms with E-state index in [1.54, 1.807) is 24.3 Å². The van der Waals surface area contributed by atoms with E-state index in [1.165, 1.54) is 12.1 Å². The quantitative estimate of drug-likeness (QED) is 0.523. The Hall–Kier alpha value is -1.64. The van der Waals surface area contributed by atoms with Crippen LogP contribution in [0.5, 0.6) is 0 Å². The molecule has 0 radical (unpaired) electrons. The smallest absolute Gasteiger partial charge is 0.293 e. The first-order valence-corrected chi connectivity index (χ1v) is 3.80. The van der Waals surface area contributed by atoms with Crippen molar-refractivity contribution in [3.63, 3.8) is 0 Å². The molecule has 13 heavy (non-hydrogen) atoms. The SMILES string of the molecule is O=COCC=Cc1ccc(F)cc1. The number of carbonyl (C=O) groups is 1. The third kappa shape index (κ3) is 3.51. The van der Waals surface area contributed by atoms with E-state index in [4.69, 9.17) is 0 Å². The van der Waals surface area contributed by atoms with Gasteiger partial charge in [0.25, 0.3) is 6.47 Å². The lowest BCUT2D eigenvalue weighted by molar-refractivity contribution is -0.127. The van der Waals surface area contributed by atoms with Crippen LogP contribution in [0, 0.1) is 5.82 Å². The minimum atomic E-state index is -0.263. The van der Waals surface area contributed by atoms with Gasteiger partial charge >= 0.3 is 0 Å². The third-order valence-electron chi connectivity index (χ3n) is 1.44. The van der Waals surface area contributed by atoms with Crippen LogP contribution in [-0.4, -0.2) is 13.1 Å². The molecule has 0 unspecified atom stereocenters. The Morgan fingerprint density at radius 3 is 2.62 bits per heavy atom. The van der Waals surface area contributed by atoms with E-state index in [0.29, 0.717) is 6.47 Å². The van der Waals surface area contributed by atoms with Gasteiger partial charge in [-0.05, 0) is 23.8 Å². The lowest BCUT2D eigenvalue weighted by Crippen LogP contribution is -1.85. The van der Waals surface area contributed by atoms with Gasteiger partial charge in [0.05, 0.1) is 0 Å². The second-order valence-corrected chi connectivity index (χ2v) is 2.38. The Labute approximate surface area is 75.6 Å². The summed E-state index contributed by atoms with van der Waals surface area (Å²) >= 11 is 0. The summed E-state index contributed by atoms with van der Waals surface area (Å²) in [5, 5.41) is 0. The van der Waals surface area contributed by atoms with Crippen molar-refractivity contribution in [3.05, 3.63) is 41.7 Å². The summed E-state index contributed by atoms with van der Waals surface area (Å²) in [6, 6.07) is 6.04. The molecule has 0 aliphatic heterocycles. The first-order valence-electron chi connectivity index (χ1n) is 3.80. The Morgan fingerprint density at radius 1 is 1.31 bits per heavy atom. The highest BCUT2D eigenvalue weighted by molar-refractivity contribution is 5.49. The molecule has 0 saturated carbocycles. The van der Waals surface area contributed by atoms with Crippen molar-refractivity contribution in [3.8, 4) is 0 Å². The average molecular weight is 180 g/mol. The summed E-state index contributed by atoms with van der Waals surface area (Å²) in [6.07, 6.45) is 3.44. The van der Waals surface area contributed by atoms with Gasteiger partial charge < -0.3 is 4.74 Å². The standard InChI is InChI=1S/C10H9FO2/c11-10-5-3-9(4-6-10)2-1-7-13-8-12/h1-6,8H,7H2. The molecule has 1 rings (SSSR count). The zero-order valence-corrected chi connectivity index (χ0v) is 6.94. The number of hydrogen-bond donors (Lipinski definition) is 0. The fourth-order valence-electron chi connectivity index (χ4n) is 0.853. The fourth-order valence-corrected chi connectivity index (χ4v) is 0.853. The van der Waals surface area contributed by atoms with Crippen LogP contribution in [-0.2, 0) is 9.53 Å². The van der Waals surface area contributed by atoms with Crippen LogP contribution in [0.3, 0.4) is 0 Å². The maximum Gasteiger partial charge on any atom is 0.293 e. The fraction of sp³-hybridized carbons (Fsp3) is 0.100. The van der Waals surface area contributed by atoms with Crippen LogP contribution in [0.15, 0.2) is 30.3 Å². The van der Waals surface area contributed by atoms with Gasteiger partial charge in [0.2, 0.25) is 0 Å². The van der Waals surface area contributed by atoms with Gasteiger partial charge in [-0.1, -0.05) is 18.2 Å². The molecule has 2 nitrogen and oxygen atoms in total. The van der Waals surface area contributed by atoms with Crippen molar-refractivity contribution in [2.24, 2.45) is 0 Å². The number of halogens is 1. The molecular formula is C10H9FO2. The van der Waals surface area contributed by atoms with Crippen LogP contribution in [0.4, 0.5) is 4.39 Å². The molecule has 0 aliphatic rings.